The van der Waals surface area contributed by atoms with Crippen LogP contribution in [0, 0.1) is 0 Å². The van der Waals surface area contributed by atoms with Gasteiger partial charge in [-0.3, -0.25) is 19.4 Å². The molecule has 1 atom stereocenters. The number of carbonyl (C=O) groups is 4. The summed E-state index contributed by atoms with van der Waals surface area (Å²) in [6.45, 7) is 1.75. The molecular formula is C32H28N4O5S. The molecule has 0 bridgehead atoms. The number of thioether (sulfide) groups is 1. The Morgan fingerprint density at radius 1 is 0.857 bits per heavy atom. The van der Waals surface area contributed by atoms with Crippen molar-refractivity contribution in [1.29, 1.82) is 0 Å². The van der Waals surface area contributed by atoms with Crippen molar-refractivity contribution in [1.82, 2.24) is 10.3 Å². The van der Waals surface area contributed by atoms with Crippen molar-refractivity contribution in [2.75, 3.05) is 17.7 Å². The van der Waals surface area contributed by atoms with Gasteiger partial charge in [0.1, 0.15) is 5.70 Å². The Labute approximate surface area is 247 Å². The fraction of sp³-hybridized carbons (Fsp3) is 0.0938. The fourth-order valence-corrected chi connectivity index (χ4v) is 4.63. The summed E-state index contributed by atoms with van der Waals surface area (Å²) in [4.78, 5) is 55.7. The predicted molar refractivity (Wildman–Crippen MR) is 163 cm³/mol. The van der Waals surface area contributed by atoms with Crippen molar-refractivity contribution in [3.63, 3.8) is 0 Å². The molecular weight excluding hydrogens is 552 g/mol. The van der Waals surface area contributed by atoms with Gasteiger partial charge >= 0.3 is 5.97 Å². The number of carbonyl (C=O) groups excluding carboxylic acids is 4. The van der Waals surface area contributed by atoms with E-state index in [-0.39, 0.29) is 17.2 Å². The van der Waals surface area contributed by atoms with E-state index >= 15 is 0 Å². The number of hydrogen-bond donors (Lipinski definition) is 3. The number of aromatic nitrogens is 1. The summed E-state index contributed by atoms with van der Waals surface area (Å²) >= 11 is 1.32. The number of benzene rings is 3. The molecule has 3 amide bonds. The van der Waals surface area contributed by atoms with Crippen LogP contribution in [-0.2, 0) is 14.3 Å². The maximum atomic E-state index is 13.2. The third-order valence-corrected chi connectivity index (χ3v) is 7.02. The van der Waals surface area contributed by atoms with Gasteiger partial charge in [-0.05, 0) is 73.2 Å². The van der Waals surface area contributed by atoms with Crippen LogP contribution >= 0.6 is 11.8 Å². The molecule has 212 valence electrons. The highest BCUT2D eigenvalue weighted by atomic mass is 32.2. The minimum atomic E-state index is -0.540. The smallest absolute Gasteiger partial charge is 0.339 e. The van der Waals surface area contributed by atoms with E-state index in [0.717, 1.165) is 4.90 Å². The summed E-state index contributed by atoms with van der Waals surface area (Å²) in [6, 6.07) is 25.7. The van der Waals surface area contributed by atoms with Crippen molar-refractivity contribution in [3.05, 3.63) is 126 Å². The van der Waals surface area contributed by atoms with E-state index < -0.39 is 23.0 Å². The van der Waals surface area contributed by atoms with Gasteiger partial charge in [-0.15, -0.1) is 11.8 Å². The molecule has 0 saturated carbocycles. The van der Waals surface area contributed by atoms with Gasteiger partial charge in [0.05, 0.1) is 23.6 Å². The third-order valence-electron chi connectivity index (χ3n) is 5.91. The van der Waals surface area contributed by atoms with Crippen molar-refractivity contribution >= 4 is 52.9 Å². The largest absolute Gasteiger partial charge is 0.465 e. The topological polar surface area (TPSA) is 126 Å². The number of methoxy groups -OCH3 is 1. The minimum Gasteiger partial charge on any atom is -0.465 e. The lowest BCUT2D eigenvalue weighted by Gasteiger charge is -2.14. The molecule has 42 heavy (non-hydrogen) atoms. The summed E-state index contributed by atoms with van der Waals surface area (Å²) < 4.78 is 4.78. The lowest BCUT2D eigenvalue weighted by molar-refractivity contribution is -0.115. The lowest BCUT2D eigenvalue weighted by atomic mass is 10.2. The molecule has 1 unspecified atom stereocenters. The number of pyridine rings is 1. The number of anilines is 2. The van der Waals surface area contributed by atoms with E-state index in [4.69, 9.17) is 4.74 Å². The van der Waals surface area contributed by atoms with Crippen LogP contribution in [0.2, 0.25) is 0 Å². The van der Waals surface area contributed by atoms with Gasteiger partial charge < -0.3 is 20.7 Å². The molecule has 10 heteroatoms. The number of nitrogens with zero attached hydrogens (tertiary/aromatic N) is 1. The molecule has 4 aromatic rings. The molecule has 3 aromatic carbocycles. The molecule has 0 saturated heterocycles. The molecule has 0 radical (unpaired) electrons. The third kappa shape index (κ3) is 8.15. The van der Waals surface area contributed by atoms with Crippen LogP contribution < -0.4 is 16.0 Å². The number of ether oxygens (including phenoxy) is 1. The normalized spacial score (nSPS) is 11.6. The lowest BCUT2D eigenvalue weighted by Crippen LogP contribution is -2.30. The van der Waals surface area contributed by atoms with E-state index in [0.29, 0.717) is 22.5 Å². The van der Waals surface area contributed by atoms with Gasteiger partial charge in [0.25, 0.3) is 11.8 Å². The average Bonchev–Trinajstić information content (AvgIpc) is 3.02. The fourth-order valence-electron chi connectivity index (χ4n) is 3.76. The van der Waals surface area contributed by atoms with Gasteiger partial charge in [0.15, 0.2) is 0 Å². The van der Waals surface area contributed by atoms with Crippen molar-refractivity contribution in [3.8, 4) is 0 Å². The van der Waals surface area contributed by atoms with Gasteiger partial charge in [-0.25, -0.2) is 4.79 Å². The Hall–Kier alpha value is -5.22. The first-order valence-corrected chi connectivity index (χ1v) is 13.8. The molecule has 0 aliphatic rings. The van der Waals surface area contributed by atoms with Crippen LogP contribution in [0.1, 0.15) is 33.2 Å². The highest BCUT2D eigenvalue weighted by molar-refractivity contribution is 8.00. The Balaban J connectivity index is 1.41. The average molecular weight is 581 g/mol. The first kappa shape index (κ1) is 29.8. The monoisotopic (exact) mass is 580 g/mol. The summed E-state index contributed by atoms with van der Waals surface area (Å²) in [5, 5.41) is 7.79. The van der Waals surface area contributed by atoms with Gasteiger partial charge in [-0.1, -0.05) is 36.4 Å². The summed E-state index contributed by atoms with van der Waals surface area (Å²) in [5.41, 5.74) is 2.24. The second-order valence-corrected chi connectivity index (χ2v) is 10.3. The number of rotatable bonds is 10. The number of amides is 3. The van der Waals surface area contributed by atoms with Gasteiger partial charge in [-0.2, -0.15) is 0 Å². The number of para-hydroxylation sites is 1. The molecule has 4 rings (SSSR count). The summed E-state index contributed by atoms with van der Waals surface area (Å²) in [6.07, 6.45) is 4.75. The van der Waals surface area contributed by atoms with Crippen LogP contribution in [-0.4, -0.2) is 41.0 Å². The van der Waals surface area contributed by atoms with Crippen LogP contribution in [0.15, 0.2) is 114 Å². The Morgan fingerprint density at radius 3 is 2.26 bits per heavy atom. The number of hydrogen-bond acceptors (Lipinski definition) is 7. The second kappa shape index (κ2) is 14.4. The molecule has 0 spiro atoms. The molecule has 1 heterocycles. The number of esters is 1. The van der Waals surface area contributed by atoms with Crippen LogP contribution in [0.4, 0.5) is 11.4 Å². The standard InChI is InChI=1S/C32H28N4O5S/c1-21(29(37)35-27-13-7-6-12-26(27)32(40)41-2)42-25-16-14-24(15-17-25)34-31(39)28(19-22-9-8-18-33-20-22)36-30(38)23-10-4-3-5-11-23/h3-21H,1-2H3,(H,34,39)(H,35,37)(H,36,38)/b28-19-. The van der Waals surface area contributed by atoms with Crippen LogP contribution in [0.3, 0.4) is 0 Å². The zero-order valence-electron chi connectivity index (χ0n) is 22.9. The van der Waals surface area contributed by atoms with E-state index in [1.165, 1.54) is 18.9 Å². The van der Waals surface area contributed by atoms with E-state index in [1.807, 2.05) is 0 Å². The maximum absolute atomic E-state index is 13.2. The SMILES string of the molecule is COC(=O)c1ccccc1NC(=O)C(C)Sc1ccc(NC(=O)/C(=C/c2cccnc2)NC(=O)c2ccccc2)cc1. The second-order valence-electron chi connectivity index (χ2n) is 8.93. The van der Waals surface area contributed by atoms with Gasteiger partial charge in [0.2, 0.25) is 5.91 Å². The van der Waals surface area contributed by atoms with Crippen LogP contribution in [0.25, 0.3) is 6.08 Å². The van der Waals surface area contributed by atoms with Crippen molar-refractivity contribution in [2.45, 2.75) is 17.1 Å². The molecule has 3 N–H and O–H groups in total. The first-order valence-electron chi connectivity index (χ1n) is 12.9. The molecule has 1 aromatic heterocycles. The Kier molecular flexibility index (Phi) is 10.2. The summed E-state index contributed by atoms with van der Waals surface area (Å²) in [7, 11) is 1.28. The zero-order valence-corrected chi connectivity index (χ0v) is 23.7. The van der Waals surface area contributed by atoms with Crippen LogP contribution in [0.5, 0.6) is 0 Å². The Morgan fingerprint density at radius 2 is 1.57 bits per heavy atom. The molecule has 9 nitrogen and oxygen atoms in total. The minimum absolute atomic E-state index is 0.0489. The molecule has 0 fully saturated rings. The number of nitrogens with one attached hydrogen (secondary N) is 3. The maximum Gasteiger partial charge on any atom is 0.339 e. The Bertz CT molecular complexity index is 1590. The molecule has 0 aliphatic heterocycles. The summed E-state index contributed by atoms with van der Waals surface area (Å²) in [5.74, 6) is -1.76. The molecule has 0 aliphatic carbocycles. The quantitative estimate of drug-likeness (QED) is 0.130. The van der Waals surface area contributed by atoms with E-state index in [9.17, 15) is 19.2 Å². The van der Waals surface area contributed by atoms with Gasteiger partial charge in [0, 0.05) is 28.5 Å². The zero-order chi connectivity index (χ0) is 29.9. The highest BCUT2D eigenvalue weighted by Crippen LogP contribution is 2.26. The van der Waals surface area contributed by atoms with Crippen molar-refractivity contribution in [2.24, 2.45) is 0 Å². The first-order chi connectivity index (χ1) is 20.3. The van der Waals surface area contributed by atoms with E-state index in [2.05, 4.69) is 20.9 Å². The van der Waals surface area contributed by atoms with Crippen molar-refractivity contribution < 1.29 is 23.9 Å². The predicted octanol–water partition coefficient (Wildman–Crippen LogP) is 5.40. The van der Waals surface area contributed by atoms with E-state index in [1.54, 1.807) is 116 Å². The highest BCUT2D eigenvalue weighted by Gasteiger charge is 2.19.